The van der Waals surface area contributed by atoms with Crippen LogP contribution in [-0.2, 0) is 0 Å². The van der Waals surface area contributed by atoms with E-state index in [4.69, 9.17) is 0 Å². The molecule has 0 spiro atoms. The minimum absolute atomic E-state index is 0.00823. The molecule has 1 aliphatic heterocycles. The topological polar surface area (TPSA) is 41.1 Å². The summed E-state index contributed by atoms with van der Waals surface area (Å²) in [6, 6.07) is 15.4. The third-order valence-corrected chi connectivity index (χ3v) is 22.5. The number of amides is 1. The number of nitrogens with one attached hydrogen (secondary N) is 2. The van der Waals surface area contributed by atoms with E-state index in [-0.39, 0.29) is 12.1 Å². The number of hydrogen-bond acceptors (Lipinski definition) is 2. The predicted molar refractivity (Wildman–Crippen MR) is 136 cm³/mol. The Bertz CT molecular complexity index is 840. The van der Waals surface area contributed by atoms with E-state index in [1.807, 2.05) is 19.1 Å². The Morgan fingerprint density at radius 1 is 0.806 bits per heavy atom. The van der Waals surface area contributed by atoms with Gasteiger partial charge in [0.15, 0.2) is 0 Å². The summed E-state index contributed by atoms with van der Waals surface area (Å²) in [5, 5.41) is 6.66. The van der Waals surface area contributed by atoms with Crippen molar-refractivity contribution in [1.29, 1.82) is 0 Å². The molecule has 0 bridgehead atoms. The summed E-state index contributed by atoms with van der Waals surface area (Å²) in [6.45, 7) is 9.01. The fourth-order valence-electron chi connectivity index (χ4n) is 4.92. The molecule has 0 aromatic heterocycles. The van der Waals surface area contributed by atoms with Crippen molar-refractivity contribution in [2.24, 2.45) is 0 Å². The molecule has 1 aliphatic rings. The van der Waals surface area contributed by atoms with Crippen LogP contribution >= 0.6 is 0 Å². The van der Waals surface area contributed by atoms with Crippen molar-refractivity contribution in [2.75, 3.05) is 5.32 Å². The molecule has 4 heteroatoms. The molecule has 1 atom stereocenters. The fraction of sp³-hybridized carbons (Fsp3) is 0.519. The Labute approximate surface area is 193 Å². The van der Waals surface area contributed by atoms with Crippen molar-refractivity contribution in [3.05, 3.63) is 59.2 Å². The summed E-state index contributed by atoms with van der Waals surface area (Å²) in [4.78, 5) is 12.7. The van der Waals surface area contributed by atoms with E-state index in [0.717, 1.165) is 22.4 Å². The first-order chi connectivity index (χ1) is 15.0. The van der Waals surface area contributed by atoms with Crippen molar-refractivity contribution in [1.82, 2.24) is 5.32 Å². The number of hydrogen-bond donors (Lipinski definition) is 2. The van der Waals surface area contributed by atoms with Crippen LogP contribution in [0.3, 0.4) is 0 Å². The molecule has 0 saturated heterocycles. The quantitative estimate of drug-likeness (QED) is 0.312. The Kier molecular flexibility index (Phi) is 8.88. The number of fused-ring (bicyclic) bond motifs is 1. The second kappa shape index (κ2) is 11.4. The van der Waals surface area contributed by atoms with Gasteiger partial charge in [-0.3, -0.25) is 0 Å². The molecule has 3 rings (SSSR count). The number of carbonyl (C=O) groups is 1. The maximum absolute atomic E-state index is 12.7. The predicted octanol–water partition coefficient (Wildman–Crippen LogP) is 6.91. The second-order valence-electron chi connectivity index (χ2n) is 9.31. The molecule has 1 amide bonds. The van der Waals surface area contributed by atoms with E-state index in [2.05, 4.69) is 61.7 Å². The first-order valence-electron chi connectivity index (χ1n) is 12.3. The van der Waals surface area contributed by atoms with Gasteiger partial charge in [0.2, 0.25) is 0 Å². The summed E-state index contributed by atoms with van der Waals surface area (Å²) in [5.41, 5.74) is 3.91. The van der Waals surface area contributed by atoms with Gasteiger partial charge >= 0.3 is 194 Å². The van der Waals surface area contributed by atoms with E-state index in [1.54, 1.807) is 3.58 Å². The van der Waals surface area contributed by atoms with Crippen molar-refractivity contribution in [2.45, 2.75) is 85.7 Å². The average Bonchev–Trinajstić information content (AvgIpc) is 2.79. The van der Waals surface area contributed by atoms with Gasteiger partial charge in [0.05, 0.1) is 0 Å². The Hall–Kier alpha value is -1.49. The van der Waals surface area contributed by atoms with Gasteiger partial charge < -0.3 is 0 Å². The summed E-state index contributed by atoms with van der Waals surface area (Å²) >= 11 is -2.40. The molecular formula is C27H40N2OSn. The van der Waals surface area contributed by atoms with Gasteiger partial charge in [-0.05, 0) is 0 Å². The van der Waals surface area contributed by atoms with Gasteiger partial charge in [-0.2, -0.15) is 0 Å². The molecule has 1 unspecified atom stereocenters. The first-order valence-corrected chi connectivity index (χ1v) is 19.8. The minimum atomic E-state index is -2.40. The zero-order valence-electron chi connectivity index (χ0n) is 19.9. The number of unbranched alkanes of at least 4 members (excludes halogenated alkanes) is 3. The number of benzene rings is 2. The fourth-order valence-corrected chi connectivity index (χ4v) is 20.8. The van der Waals surface area contributed by atoms with Crippen LogP contribution in [0.4, 0.5) is 5.69 Å². The molecule has 0 fully saturated rings. The third-order valence-electron chi connectivity index (χ3n) is 6.88. The van der Waals surface area contributed by atoms with Crippen LogP contribution in [0.5, 0.6) is 0 Å². The van der Waals surface area contributed by atoms with Crippen LogP contribution in [0.1, 0.15) is 86.9 Å². The average molecular weight is 527 g/mol. The molecule has 3 nitrogen and oxygen atoms in total. The second-order valence-corrected chi connectivity index (χ2v) is 22.6. The van der Waals surface area contributed by atoms with Crippen molar-refractivity contribution >= 4 is 33.6 Å². The summed E-state index contributed by atoms with van der Waals surface area (Å²) in [6.07, 6.45) is 7.86. The summed E-state index contributed by atoms with van der Waals surface area (Å²) in [7, 11) is 0. The normalized spacial score (nSPS) is 15.9. The van der Waals surface area contributed by atoms with Gasteiger partial charge in [0, 0.05) is 0 Å². The van der Waals surface area contributed by atoms with Crippen LogP contribution in [-0.4, -0.2) is 24.3 Å². The van der Waals surface area contributed by atoms with Crippen LogP contribution in [0.2, 0.25) is 13.3 Å². The molecule has 1 heterocycles. The molecule has 0 radical (unpaired) electrons. The number of anilines is 1. The molecule has 2 aromatic rings. The van der Waals surface area contributed by atoms with Crippen molar-refractivity contribution in [3.63, 3.8) is 0 Å². The van der Waals surface area contributed by atoms with Gasteiger partial charge in [0.1, 0.15) is 0 Å². The molecular weight excluding hydrogens is 487 g/mol. The zero-order valence-corrected chi connectivity index (χ0v) is 22.7. The number of carbonyl (C=O) groups excluding carboxylic acids is 1. The maximum atomic E-state index is 12.7. The van der Waals surface area contributed by atoms with Gasteiger partial charge in [0.25, 0.3) is 0 Å². The number of aryl methyl sites for hydroxylation is 1. The van der Waals surface area contributed by atoms with Crippen LogP contribution in [0, 0.1) is 6.92 Å². The van der Waals surface area contributed by atoms with E-state index >= 15 is 0 Å². The van der Waals surface area contributed by atoms with Gasteiger partial charge in [-0.25, -0.2) is 0 Å². The SMILES string of the molecule is CCC[CH2][Sn]([CH2]CCC)([CH2]CCC)[c]1ccc(C2NC(=O)c3cc(C)ccc3N2)cc1. The van der Waals surface area contributed by atoms with Crippen LogP contribution in [0.25, 0.3) is 0 Å². The standard InChI is InChI=1S/C15H13N2O.3C4H9.Sn/c1-10-7-8-13-12(9-10)15(18)17-14(16-13)11-5-3-2-4-6-11;3*1-3-4-2;/h3-9,14,16H,1H3,(H,17,18);3*1,3-4H2,2H3;. The van der Waals surface area contributed by atoms with Crippen molar-refractivity contribution < 1.29 is 4.79 Å². The molecule has 0 saturated carbocycles. The van der Waals surface area contributed by atoms with Gasteiger partial charge in [-0.1, -0.05) is 0 Å². The molecule has 2 aromatic carbocycles. The van der Waals surface area contributed by atoms with E-state index in [0.29, 0.717) is 0 Å². The Morgan fingerprint density at radius 3 is 1.94 bits per heavy atom. The van der Waals surface area contributed by atoms with E-state index in [9.17, 15) is 4.79 Å². The molecule has 2 N–H and O–H groups in total. The van der Waals surface area contributed by atoms with Crippen LogP contribution < -0.4 is 14.2 Å². The molecule has 168 valence electrons. The molecule has 31 heavy (non-hydrogen) atoms. The van der Waals surface area contributed by atoms with Crippen LogP contribution in [0.15, 0.2) is 42.5 Å². The van der Waals surface area contributed by atoms with E-state index in [1.165, 1.54) is 51.8 Å². The monoisotopic (exact) mass is 528 g/mol. The summed E-state index contributed by atoms with van der Waals surface area (Å²) < 4.78 is 6.13. The summed E-state index contributed by atoms with van der Waals surface area (Å²) in [5.74, 6) is 0.00823. The Balaban J connectivity index is 1.85. The Morgan fingerprint density at radius 2 is 1.39 bits per heavy atom. The van der Waals surface area contributed by atoms with Crippen molar-refractivity contribution in [3.8, 4) is 0 Å². The van der Waals surface area contributed by atoms with Gasteiger partial charge in [-0.15, -0.1) is 0 Å². The third kappa shape index (κ3) is 5.85. The molecule has 0 aliphatic carbocycles. The zero-order chi connectivity index (χ0) is 22.3. The van der Waals surface area contributed by atoms with E-state index < -0.39 is 18.4 Å². The first kappa shape index (κ1) is 24.2. The number of rotatable bonds is 11.